The molecule has 0 saturated carbocycles. The molecule has 0 aliphatic rings. The van der Waals surface area contributed by atoms with Gasteiger partial charge in [-0.15, -0.1) is 0 Å². The summed E-state index contributed by atoms with van der Waals surface area (Å²) in [5, 5.41) is 19.2. The summed E-state index contributed by atoms with van der Waals surface area (Å²) >= 11 is 0. The number of nitrogens with zero attached hydrogens (tertiary/aromatic N) is 2. The van der Waals surface area contributed by atoms with E-state index in [1.165, 1.54) is 6.07 Å². The van der Waals surface area contributed by atoms with Gasteiger partial charge >= 0.3 is 12.4 Å². The Bertz CT molecular complexity index is 1370. The summed E-state index contributed by atoms with van der Waals surface area (Å²) in [6.07, 6.45) is -11.9. The molecule has 2 aromatic carbocycles. The third-order valence-electron chi connectivity index (χ3n) is 5.90. The fourth-order valence-corrected chi connectivity index (χ4v) is 3.98. The highest BCUT2D eigenvalue weighted by Crippen LogP contribution is 2.50. The molecular weight excluding hydrogens is 478 g/mol. The Morgan fingerprint density at radius 1 is 0.943 bits per heavy atom. The van der Waals surface area contributed by atoms with E-state index in [9.17, 15) is 36.6 Å². The number of aromatic nitrogens is 2. The molecule has 0 amide bonds. The molecule has 4 rings (SSSR count). The van der Waals surface area contributed by atoms with Gasteiger partial charge in [-0.1, -0.05) is 18.2 Å². The van der Waals surface area contributed by atoms with Crippen LogP contribution in [0.3, 0.4) is 0 Å². The van der Waals surface area contributed by atoms with Crippen LogP contribution in [-0.4, -0.2) is 32.1 Å². The molecule has 2 heterocycles. The Kier molecular flexibility index (Phi) is 5.97. The van der Waals surface area contributed by atoms with Gasteiger partial charge in [0.2, 0.25) is 5.89 Å². The van der Waals surface area contributed by atoms with Crippen molar-refractivity contribution < 1.29 is 41.0 Å². The van der Waals surface area contributed by atoms with Crippen LogP contribution >= 0.6 is 0 Å². The Balaban J connectivity index is 1.73. The molecule has 0 fully saturated rings. The van der Waals surface area contributed by atoms with Gasteiger partial charge in [0.1, 0.15) is 11.5 Å². The smallest absolute Gasteiger partial charge is 0.430 e. The lowest BCUT2D eigenvalue weighted by molar-refractivity contribution is -0.376. The number of rotatable bonds is 5. The summed E-state index contributed by atoms with van der Waals surface area (Å²) in [6, 6.07) is 10.8. The van der Waals surface area contributed by atoms with Gasteiger partial charge in [-0.25, -0.2) is 4.98 Å². The fourth-order valence-electron chi connectivity index (χ4n) is 3.98. The average molecular weight is 498 g/mol. The van der Waals surface area contributed by atoms with E-state index in [0.29, 0.717) is 51.8 Å². The van der Waals surface area contributed by atoms with Gasteiger partial charge < -0.3 is 19.2 Å². The lowest BCUT2D eigenvalue weighted by atomic mass is 9.91. The van der Waals surface area contributed by atoms with Gasteiger partial charge in [0.25, 0.3) is 5.60 Å². The van der Waals surface area contributed by atoms with Crippen molar-refractivity contribution >= 4 is 10.9 Å². The lowest BCUT2D eigenvalue weighted by Gasteiger charge is -2.32. The number of aliphatic hydroxyl groups excluding tert-OH is 1. The molecule has 186 valence electrons. The summed E-state index contributed by atoms with van der Waals surface area (Å²) < 4.78 is 87.1. The van der Waals surface area contributed by atoms with Crippen LogP contribution in [0.2, 0.25) is 0 Å². The molecule has 0 unspecified atom stereocenters. The molecule has 0 bridgehead atoms. The Hall–Kier alpha value is -3.31. The number of aliphatic hydroxyl groups is 2. The van der Waals surface area contributed by atoms with Crippen molar-refractivity contribution in [2.24, 2.45) is 0 Å². The number of halogens is 6. The lowest BCUT2D eigenvalue weighted by Crippen LogP contribution is -2.53. The van der Waals surface area contributed by atoms with Crippen molar-refractivity contribution in [3.05, 3.63) is 76.8 Å². The van der Waals surface area contributed by atoms with E-state index < -0.39 is 23.5 Å². The minimum Gasteiger partial charge on any atom is -0.441 e. The van der Waals surface area contributed by atoms with Crippen LogP contribution in [0.1, 0.15) is 28.3 Å². The molecule has 4 aromatic rings. The predicted octanol–water partition coefficient (Wildman–Crippen LogP) is 5.77. The largest absolute Gasteiger partial charge is 0.441 e. The first-order valence-electron chi connectivity index (χ1n) is 10.4. The topological polar surface area (TPSA) is 71.4 Å². The van der Waals surface area contributed by atoms with Crippen molar-refractivity contribution in [1.82, 2.24) is 9.55 Å². The maximum Gasteiger partial charge on any atom is 0.430 e. The Labute approximate surface area is 195 Å². The minimum atomic E-state index is -5.96. The number of oxazole rings is 1. The third kappa shape index (κ3) is 4.19. The van der Waals surface area contributed by atoms with Crippen LogP contribution in [0.15, 0.2) is 52.9 Å². The van der Waals surface area contributed by atoms with Gasteiger partial charge in [0, 0.05) is 27.7 Å². The molecule has 2 N–H and O–H groups in total. The summed E-state index contributed by atoms with van der Waals surface area (Å²) in [6.45, 7) is 3.33. The van der Waals surface area contributed by atoms with Gasteiger partial charge in [0.05, 0.1) is 13.2 Å². The quantitative estimate of drug-likeness (QED) is 0.343. The Morgan fingerprint density at radius 3 is 2.26 bits per heavy atom. The maximum absolute atomic E-state index is 13.3. The van der Waals surface area contributed by atoms with Gasteiger partial charge in [-0.2, -0.15) is 26.3 Å². The molecule has 5 nitrogen and oxygen atoms in total. The van der Waals surface area contributed by atoms with Crippen LogP contribution in [0, 0.1) is 13.8 Å². The van der Waals surface area contributed by atoms with Crippen molar-refractivity contribution in [2.75, 3.05) is 0 Å². The molecular formula is C24H20F6N2O3. The van der Waals surface area contributed by atoms with Gasteiger partial charge in [0.15, 0.2) is 0 Å². The number of fused-ring (bicyclic) bond motifs is 1. The highest BCUT2D eigenvalue weighted by atomic mass is 19.4. The zero-order chi connectivity index (χ0) is 25.8. The van der Waals surface area contributed by atoms with E-state index in [1.54, 1.807) is 42.7 Å². The summed E-state index contributed by atoms with van der Waals surface area (Å²) in [4.78, 5) is 4.49. The normalized spacial score (nSPS) is 13.1. The van der Waals surface area contributed by atoms with Crippen LogP contribution in [0.4, 0.5) is 26.3 Å². The summed E-state index contributed by atoms with van der Waals surface area (Å²) in [5.74, 6) is 0.792. The predicted molar refractivity (Wildman–Crippen MR) is 114 cm³/mol. The molecule has 0 aliphatic carbocycles. The standard InChI is InChI=1S/C24H20F6N2O3/c1-13-8-17-10-18(22(34,23(25,26)27)24(28,29)30)6-7-20(17)32(13)11-19-14(2)35-21(31-19)16-5-3-4-15(9-16)12-33/h3-10,33-34H,11-12H2,1-2H3. The van der Waals surface area contributed by atoms with Crippen molar-refractivity contribution in [1.29, 1.82) is 0 Å². The monoisotopic (exact) mass is 498 g/mol. The number of hydrogen-bond acceptors (Lipinski definition) is 4. The van der Waals surface area contributed by atoms with E-state index >= 15 is 0 Å². The van der Waals surface area contributed by atoms with Crippen molar-refractivity contribution in [3.63, 3.8) is 0 Å². The van der Waals surface area contributed by atoms with E-state index in [0.717, 1.165) is 6.07 Å². The molecule has 0 spiro atoms. The Morgan fingerprint density at radius 2 is 1.63 bits per heavy atom. The fraction of sp³-hybridized carbons (Fsp3) is 0.292. The van der Waals surface area contributed by atoms with Gasteiger partial charge in [-0.05, 0) is 49.7 Å². The molecule has 0 aliphatic heterocycles. The second kappa shape index (κ2) is 8.42. The summed E-state index contributed by atoms with van der Waals surface area (Å²) in [7, 11) is 0. The average Bonchev–Trinajstić information content (AvgIpc) is 3.30. The second-order valence-corrected chi connectivity index (χ2v) is 8.23. The highest BCUT2D eigenvalue weighted by Gasteiger charge is 2.71. The van der Waals surface area contributed by atoms with E-state index in [4.69, 9.17) is 4.42 Å². The summed E-state index contributed by atoms with van der Waals surface area (Å²) in [5.41, 5.74) is -3.56. The molecule has 0 atom stereocenters. The first kappa shape index (κ1) is 24.8. The van der Waals surface area contributed by atoms with Crippen molar-refractivity contribution in [3.8, 4) is 11.5 Å². The van der Waals surface area contributed by atoms with Crippen LogP contribution < -0.4 is 0 Å². The number of alkyl halides is 6. The first-order chi connectivity index (χ1) is 16.3. The van der Waals surface area contributed by atoms with Crippen LogP contribution in [-0.2, 0) is 18.8 Å². The van der Waals surface area contributed by atoms with E-state index in [2.05, 4.69) is 4.98 Å². The highest BCUT2D eigenvalue weighted by molar-refractivity contribution is 5.82. The van der Waals surface area contributed by atoms with E-state index in [1.807, 2.05) is 0 Å². The number of aryl methyl sites for hydroxylation is 2. The van der Waals surface area contributed by atoms with E-state index in [-0.39, 0.29) is 18.5 Å². The van der Waals surface area contributed by atoms with Crippen LogP contribution in [0.25, 0.3) is 22.4 Å². The maximum atomic E-state index is 13.3. The first-order valence-corrected chi connectivity index (χ1v) is 10.4. The molecule has 11 heteroatoms. The molecule has 35 heavy (non-hydrogen) atoms. The number of benzene rings is 2. The third-order valence-corrected chi connectivity index (χ3v) is 5.90. The second-order valence-electron chi connectivity index (χ2n) is 8.23. The van der Waals surface area contributed by atoms with Crippen molar-refractivity contribution in [2.45, 2.75) is 45.0 Å². The SMILES string of the molecule is Cc1oc(-c2cccc(CO)c2)nc1Cn1c(C)cc2cc(C(O)(C(F)(F)F)C(F)(F)F)ccc21. The van der Waals surface area contributed by atoms with Crippen LogP contribution in [0.5, 0.6) is 0 Å². The van der Waals surface area contributed by atoms with Gasteiger partial charge in [-0.3, -0.25) is 0 Å². The molecule has 0 saturated heterocycles. The minimum absolute atomic E-state index is 0.101. The zero-order valence-corrected chi connectivity index (χ0v) is 18.5. The zero-order valence-electron chi connectivity index (χ0n) is 18.5. The number of hydrogen-bond donors (Lipinski definition) is 2. The molecule has 0 radical (unpaired) electrons. The molecule has 2 aromatic heterocycles.